The number of methoxy groups -OCH3 is 1. The van der Waals surface area contributed by atoms with E-state index in [2.05, 4.69) is 26.1 Å². The largest absolute Gasteiger partial charge is 0.384 e. The third kappa shape index (κ3) is 5.17. The maximum Gasteiger partial charge on any atom is 0.131 e. The maximum atomic E-state index is 5.12. The number of hydrogen-bond acceptors (Lipinski definition) is 4. The molecule has 1 rings (SSSR count). The lowest BCUT2D eigenvalue weighted by Gasteiger charge is -2.14. The SMILES string of the molecule is CCCNCCc1c(CC)nc(CCOC)nc1CC. The summed E-state index contributed by atoms with van der Waals surface area (Å²) in [6.07, 6.45) is 4.94. The Bertz CT molecular complexity index is 368. The van der Waals surface area contributed by atoms with Gasteiger partial charge in [-0.3, -0.25) is 0 Å². The Morgan fingerprint density at radius 1 is 0.950 bits per heavy atom. The first-order valence-electron chi connectivity index (χ1n) is 7.83. The summed E-state index contributed by atoms with van der Waals surface area (Å²) < 4.78 is 5.12. The normalized spacial score (nSPS) is 11.0. The lowest BCUT2D eigenvalue weighted by molar-refractivity contribution is 0.200. The van der Waals surface area contributed by atoms with E-state index in [1.165, 1.54) is 23.4 Å². The van der Waals surface area contributed by atoms with Crippen molar-refractivity contribution in [2.75, 3.05) is 26.8 Å². The van der Waals surface area contributed by atoms with Gasteiger partial charge in [0.05, 0.1) is 6.61 Å². The average molecular weight is 279 g/mol. The molecule has 1 heterocycles. The summed E-state index contributed by atoms with van der Waals surface area (Å²) in [4.78, 5) is 9.43. The Morgan fingerprint density at radius 3 is 2.10 bits per heavy atom. The average Bonchev–Trinajstić information content (AvgIpc) is 2.49. The van der Waals surface area contributed by atoms with Gasteiger partial charge in [-0.1, -0.05) is 20.8 Å². The molecule has 4 nitrogen and oxygen atoms in total. The van der Waals surface area contributed by atoms with Crippen molar-refractivity contribution in [2.24, 2.45) is 0 Å². The predicted octanol–water partition coefficient (Wildman–Crippen LogP) is 2.33. The van der Waals surface area contributed by atoms with Gasteiger partial charge in [-0.15, -0.1) is 0 Å². The van der Waals surface area contributed by atoms with Crippen LogP contribution in [-0.2, 0) is 30.4 Å². The molecule has 0 fully saturated rings. The van der Waals surface area contributed by atoms with E-state index in [1.54, 1.807) is 7.11 Å². The van der Waals surface area contributed by atoms with E-state index in [0.29, 0.717) is 6.61 Å². The highest BCUT2D eigenvalue weighted by Gasteiger charge is 2.11. The van der Waals surface area contributed by atoms with Crippen LogP contribution in [0.2, 0.25) is 0 Å². The highest BCUT2D eigenvalue weighted by molar-refractivity contribution is 5.27. The lowest BCUT2D eigenvalue weighted by Crippen LogP contribution is -2.20. The Hall–Kier alpha value is -1.00. The summed E-state index contributed by atoms with van der Waals surface area (Å²) in [5.41, 5.74) is 3.77. The first kappa shape index (κ1) is 17.1. The van der Waals surface area contributed by atoms with Gasteiger partial charge in [0.15, 0.2) is 0 Å². The van der Waals surface area contributed by atoms with Crippen molar-refractivity contribution in [3.63, 3.8) is 0 Å². The fourth-order valence-corrected chi connectivity index (χ4v) is 2.33. The second-order valence-corrected chi connectivity index (χ2v) is 4.96. The molecule has 0 amide bonds. The molecule has 114 valence electrons. The molecule has 0 spiro atoms. The fourth-order valence-electron chi connectivity index (χ4n) is 2.33. The van der Waals surface area contributed by atoms with Gasteiger partial charge in [0.2, 0.25) is 0 Å². The molecular formula is C16H29N3O. The lowest BCUT2D eigenvalue weighted by atomic mass is 10.0. The zero-order valence-corrected chi connectivity index (χ0v) is 13.5. The molecular weight excluding hydrogens is 250 g/mol. The molecule has 0 unspecified atom stereocenters. The molecule has 1 aromatic rings. The fraction of sp³-hybridized carbons (Fsp3) is 0.750. The summed E-state index contributed by atoms with van der Waals surface area (Å²) >= 11 is 0. The number of ether oxygens (including phenoxy) is 1. The molecule has 0 aliphatic carbocycles. The van der Waals surface area contributed by atoms with Gasteiger partial charge < -0.3 is 10.1 Å². The highest BCUT2D eigenvalue weighted by atomic mass is 16.5. The quantitative estimate of drug-likeness (QED) is 0.668. The van der Waals surface area contributed by atoms with Crippen LogP contribution in [0, 0.1) is 0 Å². The van der Waals surface area contributed by atoms with E-state index in [4.69, 9.17) is 14.7 Å². The molecule has 0 atom stereocenters. The van der Waals surface area contributed by atoms with E-state index in [9.17, 15) is 0 Å². The maximum absolute atomic E-state index is 5.12. The van der Waals surface area contributed by atoms with Crippen molar-refractivity contribution in [3.05, 3.63) is 22.8 Å². The predicted molar refractivity (Wildman–Crippen MR) is 83.2 cm³/mol. The molecule has 20 heavy (non-hydrogen) atoms. The Morgan fingerprint density at radius 2 is 1.60 bits per heavy atom. The number of aromatic nitrogens is 2. The van der Waals surface area contributed by atoms with E-state index < -0.39 is 0 Å². The molecule has 0 saturated heterocycles. The summed E-state index contributed by atoms with van der Waals surface area (Å²) in [5, 5.41) is 3.46. The van der Waals surface area contributed by atoms with Crippen LogP contribution in [0.5, 0.6) is 0 Å². The first-order chi connectivity index (χ1) is 9.76. The third-order valence-electron chi connectivity index (χ3n) is 3.40. The third-order valence-corrected chi connectivity index (χ3v) is 3.40. The minimum absolute atomic E-state index is 0.684. The van der Waals surface area contributed by atoms with Gasteiger partial charge in [0.25, 0.3) is 0 Å². The summed E-state index contributed by atoms with van der Waals surface area (Å²) in [5.74, 6) is 0.922. The molecule has 0 radical (unpaired) electrons. The number of rotatable bonds is 10. The van der Waals surface area contributed by atoms with E-state index in [1.807, 2.05) is 0 Å². The summed E-state index contributed by atoms with van der Waals surface area (Å²) in [6.45, 7) is 9.30. The molecule has 0 aromatic carbocycles. The van der Waals surface area contributed by atoms with Crippen molar-refractivity contribution in [3.8, 4) is 0 Å². The minimum atomic E-state index is 0.684. The molecule has 4 heteroatoms. The molecule has 0 aliphatic rings. The van der Waals surface area contributed by atoms with Gasteiger partial charge in [0.1, 0.15) is 5.82 Å². The van der Waals surface area contributed by atoms with Crippen LogP contribution in [0.3, 0.4) is 0 Å². The number of nitrogens with one attached hydrogen (secondary N) is 1. The van der Waals surface area contributed by atoms with E-state index in [0.717, 1.165) is 44.6 Å². The molecule has 1 aromatic heterocycles. The van der Waals surface area contributed by atoms with Crippen molar-refractivity contribution >= 4 is 0 Å². The highest BCUT2D eigenvalue weighted by Crippen LogP contribution is 2.14. The Balaban J connectivity index is 2.84. The topological polar surface area (TPSA) is 47.0 Å². The van der Waals surface area contributed by atoms with Crippen LogP contribution in [-0.4, -0.2) is 36.8 Å². The molecule has 0 bridgehead atoms. The standard InChI is InChI=1S/C16H29N3O/c1-5-10-17-11-8-13-14(6-2)18-16(9-12-20-4)19-15(13)7-3/h17H,5-12H2,1-4H3. The van der Waals surface area contributed by atoms with Crippen molar-refractivity contribution in [1.82, 2.24) is 15.3 Å². The van der Waals surface area contributed by atoms with Gasteiger partial charge in [0, 0.05) is 24.9 Å². The summed E-state index contributed by atoms with van der Waals surface area (Å²) in [6, 6.07) is 0. The zero-order valence-electron chi connectivity index (χ0n) is 13.5. The summed E-state index contributed by atoms with van der Waals surface area (Å²) in [7, 11) is 1.72. The second kappa shape index (κ2) is 9.83. The van der Waals surface area contributed by atoms with Crippen LogP contribution in [0.1, 0.15) is 50.0 Å². The van der Waals surface area contributed by atoms with Crippen molar-refractivity contribution in [2.45, 2.75) is 52.9 Å². The second-order valence-electron chi connectivity index (χ2n) is 4.96. The van der Waals surface area contributed by atoms with E-state index in [-0.39, 0.29) is 0 Å². The van der Waals surface area contributed by atoms with Crippen LogP contribution in [0.25, 0.3) is 0 Å². The van der Waals surface area contributed by atoms with Crippen LogP contribution in [0.4, 0.5) is 0 Å². The van der Waals surface area contributed by atoms with Gasteiger partial charge >= 0.3 is 0 Å². The van der Waals surface area contributed by atoms with Crippen molar-refractivity contribution in [1.29, 1.82) is 0 Å². The van der Waals surface area contributed by atoms with Gasteiger partial charge in [-0.25, -0.2) is 9.97 Å². The molecule has 1 N–H and O–H groups in total. The number of aryl methyl sites for hydroxylation is 2. The molecule has 0 saturated carbocycles. The first-order valence-corrected chi connectivity index (χ1v) is 7.83. The smallest absolute Gasteiger partial charge is 0.131 e. The number of hydrogen-bond donors (Lipinski definition) is 1. The minimum Gasteiger partial charge on any atom is -0.384 e. The van der Waals surface area contributed by atoms with E-state index >= 15 is 0 Å². The van der Waals surface area contributed by atoms with Crippen molar-refractivity contribution < 1.29 is 4.74 Å². The van der Waals surface area contributed by atoms with Gasteiger partial charge in [-0.05, 0) is 44.3 Å². The molecule has 0 aliphatic heterocycles. The monoisotopic (exact) mass is 279 g/mol. The van der Waals surface area contributed by atoms with Crippen LogP contribution >= 0.6 is 0 Å². The zero-order chi connectivity index (χ0) is 14.8. The van der Waals surface area contributed by atoms with Crippen LogP contribution in [0.15, 0.2) is 0 Å². The number of nitrogens with zero attached hydrogens (tertiary/aromatic N) is 2. The van der Waals surface area contributed by atoms with Gasteiger partial charge in [-0.2, -0.15) is 0 Å². The van der Waals surface area contributed by atoms with Crippen LogP contribution < -0.4 is 5.32 Å². The Kier molecular flexibility index (Phi) is 8.38. The Labute approximate surface area is 123 Å².